The third-order valence-electron chi connectivity index (χ3n) is 3.76. The Morgan fingerprint density at radius 2 is 1.96 bits per heavy atom. The van der Waals surface area contributed by atoms with Crippen molar-refractivity contribution >= 4 is 34.5 Å². The summed E-state index contributed by atoms with van der Waals surface area (Å²) in [6.45, 7) is 0.146. The van der Waals surface area contributed by atoms with Crippen LogP contribution in [0.3, 0.4) is 0 Å². The van der Waals surface area contributed by atoms with Crippen molar-refractivity contribution in [1.82, 2.24) is 4.90 Å². The fraction of sp³-hybridized carbons (Fsp3) is 0.167. The van der Waals surface area contributed by atoms with Crippen LogP contribution in [0.4, 0.5) is 10.1 Å². The van der Waals surface area contributed by atoms with E-state index in [0.29, 0.717) is 39.1 Å². The molecular weight excluding hydrogens is 343 g/mol. The van der Waals surface area contributed by atoms with Crippen LogP contribution in [0.15, 0.2) is 57.6 Å². The first-order valence-corrected chi connectivity index (χ1v) is 7.95. The molecule has 128 valence electrons. The van der Waals surface area contributed by atoms with E-state index < -0.39 is 0 Å². The van der Waals surface area contributed by atoms with E-state index >= 15 is 0 Å². The van der Waals surface area contributed by atoms with Gasteiger partial charge in [0.05, 0.1) is 17.9 Å². The second-order valence-corrected chi connectivity index (χ2v) is 6.12. The molecule has 1 N–H and O–H groups in total. The summed E-state index contributed by atoms with van der Waals surface area (Å²) < 4.78 is 14.3. The van der Waals surface area contributed by atoms with Crippen LogP contribution < -0.4 is 0 Å². The molecular formula is C18H16ClFN4O. The van der Waals surface area contributed by atoms with E-state index in [0.717, 1.165) is 0 Å². The predicted molar refractivity (Wildman–Crippen MR) is 98.4 cm³/mol. The van der Waals surface area contributed by atoms with Gasteiger partial charge < -0.3 is 10.1 Å². The summed E-state index contributed by atoms with van der Waals surface area (Å²) in [4.78, 5) is 10.7. The number of nitrogens with zero attached hydrogens (tertiary/aromatic N) is 4. The Labute approximate surface area is 149 Å². The predicted octanol–water partition coefficient (Wildman–Crippen LogP) is 3.75. The molecule has 0 spiro atoms. The maximum Gasteiger partial charge on any atom is 0.191 e. The van der Waals surface area contributed by atoms with Crippen LogP contribution in [0.25, 0.3) is 0 Å². The molecule has 1 aliphatic heterocycles. The van der Waals surface area contributed by atoms with Gasteiger partial charge in [0.25, 0.3) is 0 Å². The lowest BCUT2D eigenvalue weighted by atomic mass is 10.0. The zero-order valence-electron chi connectivity index (χ0n) is 13.7. The van der Waals surface area contributed by atoms with E-state index in [1.165, 1.54) is 6.07 Å². The highest BCUT2D eigenvalue weighted by Crippen LogP contribution is 2.29. The summed E-state index contributed by atoms with van der Waals surface area (Å²) in [5, 5.41) is 13.1. The van der Waals surface area contributed by atoms with Crippen molar-refractivity contribution in [1.29, 1.82) is 0 Å². The Morgan fingerprint density at radius 3 is 2.64 bits per heavy atom. The highest BCUT2D eigenvalue weighted by molar-refractivity contribution is 6.43. The van der Waals surface area contributed by atoms with Gasteiger partial charge in [0, 0.05) is 30.2 Å². The molecule has 1 aliphatic rings. The monoisotopic (exact) mass is 358 g/mol. The molecule has 0 bridgehead atoms. The Morgan fingerprint density at radius 1 is 1.20 bits per heavy atom. The number of halogens is 2. The first-order valence-electron chi connectivity index (χ1n) is 7.58. The molecule has 0 aromatic heterocycles. The quantitative estimate of drug-likeness (QED) is 0.384. The van der Waals surface area contributed by atoms with Crippen LogP contribution in [0.5, 0.6) is 0 Å². The second-order valence-electron chi connectivity index (χ2n) is 5.68. The largest absolute Gasteiger partial charge is 0.409 e. The van der Waals surface area contributed by atoms with Crippen LogP contribution in [0.2, 0.25) is 5.02 Å². The summed E-state index contributed by atoms with van der Waals surface area (Å²) >= 11 is 6.13. The summed E-state index contributed by atoms with van der Waals surface area (Å²) in [6, 6.07) is 11.6. The second kappa shape index (κ2) is 7.03. The molecule has 5 nitrogen and oxygen atoms in total. The van der Waals surface area contributed by atoms with Crippen LogP contribution >= 0.6 is 11.6 Å². The molecule has 0 atom stereocenters. The van der Waals surface area contributed by atoms with Gasteiger partial charge in [0.1, 0.15) is 11.5 Å². The minimum atomic E-state index is -0.376. The Bertz CT molecular complexity index is 906. The summed E-state index contributed by atoms with van der Waals surface area (Å²) in [5.41, 5.74) is 2.52. The standard InChI is InChI=1S/C18H16ClFN4O/c1-24(2)18(23-25)16-10-21-17(12-5-3-4-6-14(12)20)13-9-11(19)7-8-15(13)22-16/h3-9,25H,10H2,1-2H3/b23-18+. The number of fused-ring (bicyclic) bond motifs is 1. The summed E-state index contributed by atoms with van der Waals surface area (Å²) in [7, 11) is 3.49. The van der Waals surface area contributed by atoms with Crippen molar-refractivity contribution in [2.75, 3.05) is 20.6 Å². The molecule has 3 rings (SSSR count). The van der Waals surface area contributed by atoms with E-state index in [9.17, 15) is 9.60 Å². The molecule has 0 saturated carbocycles. The molecule has 0 radical (unpaired) electrons. The van der Waals surface area contributed by atoms with Crippen LogP contribution in [0.1, 0.15) is 11.1 Å². The normalized spacial score (nSPS) is 14.3. The smallest absolute Gasteiger partial charge is 0.191 e. The summed E-state index contributed by atoms with van der Waals surface area (Å²) in [6.07, 6.45) is 0. The van der Waals surface area contributed by atoms with Crippen molar-refractivity contribution in [3.8, 4) is 0 Å². The number of hydrogen-bond donors (Lipinski definition) is 1. The lowest BCUT2D eigenvalue weighted by Gasteiger charge is -2.14. The van der Waals surface area contributed by atoms with Crippen molar-refractivity contribution in [3.05, 3.63) is 64.4 Å². The van der Waals surface area contributed by atoms with E-state index in [1.54, 1.807) is 55.4 Å². The SMILES string of the molecule is CN(C)/C(=N/O)C1=Nc2ccc(Cl)cc2C(c2ccccc2F)=NC1. The van der Waals surface area contributed by atoms with E-state index in [1.807, 2.05) is 0 Å². The minimum Gasteiger partial charge on any atom is -0.409 e. The maximum atomic E-state index is 14.3. The van der Waals surface area contributed by atoms with E-state index in [-0.39, 0.29) is 12.4 Å². The molecule has 7 heteroatoms. The first-order chi connectivity index (χ1) is 12.0. The molecule has 0 aliphatic carbocycles. The third-order valence-corrected chi connectivity index (χ3v) is 4.00. The van der Waals surface area contributed by atoms with Gasteiger partial charge in [-0.25, -0.2) is 9.38 Å². The van der Waals surface area contributed by atoms with Gasteiger partial charge in [0.2, 0.25) is 0 Å². The fourth-order valence-electron chi connectivity index (χ4n) is 2.62. The first kappa shape index (κ1) is 17.1. The van der Waals surface area contributed by atoms with Gasteiger partial charge in [-0.15, -0.1) is 0 Å². The number of oxime groups is 1. The minimum absolute atomic E-state index is 0.146. The Balaban J connectivity index is 2.21. The third kappa shape index (κ3) is 3.39. The van der Waals surface area contributed by atoms with E-state index in [4.69, 9.17) is 11.6 Å². The van der Waals surface area contributed by atoms with Gasteiger partial charge in [-0.1, -0.05) is 28.9 Å². The summed E-state index contributed by atoms with van der Waals surface area (Å²) in [5.74, 6) is -0.0845. The lowest BCUT2D eigenvalue weighted by Crippen LogP contribution is -2.32. The number of amidine groups is 1. The number of aliphatic imine (C=N–C) groups is 2. The molecule has 2 aromatic rings. The van der Waals surface area contributed by atoms with Crippen molar-refractivity contribution in [2.45, 2.75) is 0 Å². The van der Waals surface area contributed by atoms with Gasteiger partial charge in [-0.05, 0) is 30.3 Å². The zero-order valence-corrected chi connectivity index (χ0v) is 14.5. The van der Waals surface area contributed by atoms with Gasteiger partial charge in [-0.3, -0.25) is 4.99 Å². The fourth-order valence-corrected chi connectivity index (χ4v) is 2.80. The van der Waals surface area contributed by atoms with Crippen LogP contribution in [0, 0.1) is 5.82 Å². The number of hydrogen-bond acceptors (Lipinski definition) is 4. The molecule has 0 fully saturated rings. The van der Waals surface area contributed by atoms with Crippen LogP contribution in [-0.4, -0.2) is 48.0 Å². The molecule has 25 heavy (non-hydrogen) atoms. The van der Waals surface area contributed by atoms with Gasteiger partial charge in [0.15, 0.2) is 5.84 Å². The number of rotatable bonds is 2. The molecule has 0 amide bonds. The zero-order chi connectivity index (χ0) is 18.0. The average Bonchev–Trinajstić information content (AvgIpc) is 2.75. The lowest BCUT2D eigenvalue weighted by molar-refractivity contribution is 0.312. The van der Waals surface area contributed by atoms with Crippen LogP contribution in [-0.2, 0) is 0 Å². The molecule has 0 unspecified atom stereocenters. The highest BCUT2D eigenvalue weighted by atomic mass is 35.5. The van der Waals surface area contributed by atoms with E-state index in [2.05, 4.69) is 15.1 Å². The average molecular weight is 359 g/mol. The molecule has 2 aromatic carbocycles. The Hall–Kier alpha value is -2.73. The Kier molecular flexibility index (Phi) is 4.81. The molecule has 0 saturated heterocycles. The maximum absolute atomic E-state index is 14.3. The van der Waals surface area contributed by atoms with Gasteiger partial charge >= 0.3 is 0 Å². The van der Waals surface area contributed by atoms with Crippen molar-refractivity contribution < 1.29 is 9.60 Å². The van der Waals surface area contributed by atoms with Crippen molar-refractivity contribution in [2.24, 2.45) is 15.1 Å². The topological polar surface area (TPSA) is 60.5 Å². The van der Waals surface area contributed by atoms with Gasteiger partial charge in [-0.2, -0.15) is 0 Å². The molecule has 1 heterocycles. The van der Waals surface area contributed by atoms with Crippen molar-refractivity contribution in [3.63, 3.8) is 0 Å². The number of benzene rings is 2. The highest BCUT2D eigenvalue weighted by Gasteiger charge is 2.21.